The van der Waals surface area contributed by atoms with E-state index in [1.54, 1.807) is 0 Å². The maximum Gasteiger partial charge on any atom is 0.315 e. The van der Waals surface area contributed by atoms with E-state index in [1.807, 2.05) is 0 Å². The van der Waals surface area contributed by atoms with Crippen molar-refractivity contribution >= 4 is 15.9 Å². The highest BCUT2D eigenvalue weighted by atomic mass is 32.2. The lowest BCUT2D eigenvalue weighted by atomic mass is 10.0. The molecule has 0 aromatic rings. The van der Waals surface area contributed by atoms with Crippen molar-refractivity contribution in [3.05, 3.63) is 0 Å². The van der Waals surface area contributed by atoms with Gasteiger partial charge in [-0.2, -0.15) is 0 Å². The third-order valence-corrected chi connectivity index (χ3v) is 6.14. The summed E-state index contributed by atoms with van der Waals surface area (Å²) in [5.74, 6) is 0.772. The molecule has 2 aliphatic rings. The molecule has 8 heteroatoms. The minimum Gasteiger partial charge on any atom is -0.379 e. The van der Waals surface area contributed by atoms with Crippen molar-refractivity contribution in [3.8, 4) is 0 Å². The van der Waals surface area contributed by atoms with Gasteiger partial charge in [-0.15, -0.1) is 0 Å². The Morgan fingerprint density at radius 2 is 2.00 bits per heavy atom. The minimum absolute atomic E-state index is 0.0549. The molecule has 2 heterocycles. The van der Waals surface area contributed by atoms with Gasteiger partial charge in [0.2, 0.25) is 0 Å². The number of carbonyl (C=O) groups excluding carboxylic acids is 1. The smallest absolute Gasteiger partial charge is 0.315 e. The van der Waals surface area contributed by atoms with Crippen LogP contribution in [-0.4, -0.2) is 75.8 Å². The van der Waals surface area contributed by atoms with Crippen LogP contribution in [0.3, 0.4) is 0 Å². The second kappa shape index (κ2) is 8.30. The zero-order valence-electron chi connectivity index (χ0n) is 14.1. The quantitative estimate of drug-likeness (QED) is 0.718. The first kappa shape index (κ1) is 18.5. The fraction of sp³-hybridized carbons (Fsp3) is 0.933. The number of morpholine rings is 1. The molecule has 0 saturated carbocycles. The lowest BCUT2D eigenvalue weighted by Crippen LogP contribution is -2.51. The molecule has 2 amide bonds. The van der Waals surface area contributed by atoms with Crippen molar-refractivity contribution < 1.29 is 17.9 Å². The van der Waals surface area contributed by atoms with E-state index in [2.05, 4.69) is 29.4 Å². The van der Waals surface area contributed by atoms with Gasteiger partial charge in [-0.25, -0.2) is 13.2 Å². The first-order valence-corrected chi connectivity index (χ1v) is 10.2. The SMILES string of the molecule is CC(C)CC(CNC(=O)NC1CCS(=O)(=O)C1)N1CCOCC1. The summed E-state index contributed by atoms with van der Waals surface area (Å²) in [6, 6.07) is -0.238. The van der Waals surface area contributed by atoms with Crippen molar-refractivity contribution in [2.75, 3.05) is 44.4 Å². The predicted octanol–water partition coefficient (Wildman–Crippen LogP) is 0.220. The molecule has 0 aromatic heterocycles. The number of amides is 2. The highest BCUT2D eigenvalue weighted by Gasteiger charge is 2.29. The highest BCUT2D eigenvalue weighted by Crippen LogP contribution is 2.13. The molecule has 2 atom stereocenters. The number of rotatable bonds is 6. The Bertz CT molecular complexity index is 489. The molecule has 0 radical (unpaired) electrons. The van der Waals surface area contributed by atoms with Gasteiger partial charge < -0.3 is 15.4 Å². The molecule has 2 rings (SSSR count). The van der Waals surface area contributed by atoms with E-state index in [1.165, 1.54) is 0 Å². The zero-order chi connectivity index (χ0) is 16.9. The number of urea groups is 1. The fourth-order valence-electron chi connectivity index (χ4n) is 3.20. The fourth-order valence-corrected chi connectivity index (χ4v) is 4.88. The predicted molar refractivity (Wildman–Crippen MR) is 89.2 cm³/mol. The van der Waals surface area contributed by atoms with Gasteiger partial charge in [-0.05, 0) is 18.8 Å². The van der Waals surface area contributed by atoms with E-state index in [4.69, 9.17) is 4.74 Å². The van der Waals surface area contributed by atoms with Crippen molar-refractivity contribution in [2.45, 2.75) is 38.8 Å². The molecule has 2 unspecified atom stereocenters. The topological polar surface area (TPSA) is 87.7 Å². The second-order valence-electron chi connectivity index (χ2n) is 6.89. The number of nitrogens with zero attached hydrogens (tertiary/aromatic N) is 1. The van der Waals surface area contributed by atoms with Crippen LogP contribution >= 0.6 is 0 Å². The van der Waals surface area contributed by atoms with Crippen LogP contribution < -0.4 is 10.6 Å². The summed E-state index contributed by atoms with van der Waals surface area (Å²) in [4.78, 5) is 14.4. The molecule has 2 aliphatic heterocycles. The van der Waals surface area contributed by atoms with Crippen LogP contribution in [0.15, 0.2) is 0 Å². The van der Waals surface area contributed by atoms with E-state index in [0.717, 1.165) is 32.7 Å². The average Bonchev–Trinajstić information content (AvgIpc) is 2.83. The number of hydrogen-bond acceptors (Lipinski definition) is 5. The van der Waals surface area contributed by atoms with Crippen molar-refractivity contribution in [2.24, 2.45) is 5.92 Å². The molecule has 2 N–H and O–H groups in total. The van der Waals surface area contributed by atoms with Crippen LogP contribution in [-0.2, 0) is 14.6 Å². The first-order chi connectivity index (χ1) is 10.9. The van der Waals surface area contributed by atoms with Gasteiger partial charge in [0.15, 0.2) is 9.84 Å². The Kier molecular flexibility index (Phi) is 6.67. The Morgan fingerprint density at radius 3 is 2.57 bits per heavy atom. The van der Waals surface area contributed by atoms with E-state index in [0.29, 0.717) is 18.9 Å². The molecule has 2 fully saturated rings. The molecule has 7 nitrogen and oxygen atoms in total. The van der Waals surface area contributed by atoms with E-state index < -0.39 is 9.84 Å². The van der Waals surface area contributed by atoms with Gasteiger partial charge in [0.05, 0.1) is 24.7 Å². The number of hydrogen-bond donors (Lipinski definition) is 2. The maximum absolute atomic E-state index is 12.0. The highest BCUT2D eigenvalue weighted by molar-refractivity contribution is 7.91. The van der Waals surface area contributed by atoms with Crippen molar-refractivity contribution in [1.29, 1.82) is 0 Å². The van der Waals surface area contributed by atoms with Crippen LogP contribution in [0, 0.1) is 5.92 Å². The monoisotopic (exact) mass is 347 g/mol. The van der Waals surface area contributed by atoms with Crippen LogP contribution in [0.2, 0.25) is 0 Å². The van der Waals surface area contributed by atoms with Gasteiger partial charge in [-0.3, -0.25) is 4.90 Å². The Hall–Kier alpha value is -0.860. The van der Waals surface area contributed by atoms with Crippen LogP contribution in [0.1, 0.15) is 26.7 Å². The van der Waals surface area contributed by atoms with Gasteiger partial charge in [0.25, 0.3) is 0 Å². The number of sulfone groups is 1. The molecular formula is C15H29N3O4S. The van der Waals surface area contributed by atoms with Gasteiger partial charge in [-0.1, -0.05) is 13.8 Å². The van der Waals surface area contributed by atoms with Gasteiger partial charge in [0, 0.05) is 31.7 Å². The Morgan fingerprint density at radius 1 is 1.30 bits per heavy atom. The summed E-state index contributed by atoms with van der Waals surface area (Å²) in [7, 11) is -2.97. The summed E-state index contributed by atoms with van der Waals surface area (Å²) in [6.07, 6.45) is 1.52. The zero-order valence-corrected chi connectivity index (χ0v) is 14.9. The molecule has 0 aliphatic carbocycles. The number of ether oxygens (including phenoxy) is 1. The summed E-state index contributed by atoms with van der Waals surface area (Å²) in [5.41, 5.74) is 0. The third kappa shape index (κ3) is 6.27. The summed E-state index contributed by atoms with van der Waals surface area (Å²) in [6.45, 7) is 8.18. The van der Waals surface area contributed by atoms with Crippen molar-refractivity contribution in [1.82, 2.24) is 15.5 Å². The normalized spacial score (nSPS) is 26.1. The van der Waals surface area contributed by atoms with Crippen LogP contribution in [0.4, 0.5) is 4.79 Å². The standard InChI is InChI=1S/C15H29N3O4S/c1-12(2)9-14(18-4-6-22-7-5-18)10-16-15(19)17-13-3-8-23(20,21)11-13/h12-14H,3-11H2,1-2H3,(H2,16,17,19). The van der Waals surface area contributed by atoms with Crippen LogP contribution in [0.25, 0.3) is 0 Å². The number of nitrogens with one attached hydrogen (secondary N) is 2. The molecular weight excluding hydrogens is 318 g/mol. The molecule has 2 saturated heterocycles. The van der Waals surface area contributed by atoms with E-state index >= 15 is 0 Å². The largest absolute Gasteiger partial charge is 0.379 e. The minimum atomic E-state index is -2.97. The van der Waals surface area contributed by atoms with Gasteiger partial charge >= 0.3 is 6.03 Å². The summed E-state index contributed by atoms with van der Waals surface area (Å²) in [5, 5.41) is 5.69. The molecule has 0 bridgehead atoms. The Labute approximate surface area is 139 Å². The third-order valence-electron chi connectivity index (χ3n) is 4.37. The molecule has 0 spiro atoms. The summed E-state index contributed by atoms with van der Waals surface area (Å²) >= 11 is 0. The number of carbonyl (C=O) groups is 1. The molecule has 23 heavy (non-hydrogen) atoms. The molecule has 134 valence electrons. The lowest BCUT2D eigenvalue weighted by Gasteiger charge is -2.35. The molecule has 0 aromatic carbocycles. The maximum atomic E-state index is 12.0. The second-order valence-corrected chi connectivity index (χ2v) is 9.11. The lowest BCUT2D eigenvalue weighted by molar-refractivity contribution is 0.0129. The first-order valence-electron chi connectivity index (χ1n) is 8.42. The van der Waals surface area contributed by atoms with Gasteiger partial charge in [0.1, 0.15) is 0 Å². The van der Waals surface area contributed by atoms with E-state index in [9.17, 15) is 13.2 Å². The Balaban J connectivity index is 1.79. The van der Waals surface area contributed by atoms with Crippen molar-refractivity contribution in [3.63, 3.8) is 0 Å². The summed E-state index contributed by atoms with van der Waals surface area (Å²) < 4.78 is 28.2. The average molecular weight is 347 g/mol. The van der Waals surface area contributed by atoms with Crippen LogP contribution in [0.5, 0.6) is 0 Å². The van der Waals surface area contributed by atoms with E-state index in [-0.39, 0.29) is 29.6 Å².